The van der Waals surface area contributed by atoms with Crippen molar-refractivity contribution in [1.82, 2.24) is 15.1 Å². The highest BCUT2D eigenvalue weighted by Gasteiger charge is 2.21. The molecule has 0 aliphatic carbocycles. The van der Waals surface area contributed by atoms with Crippen molar-refractivity contribution < 1.29 is 9.47 Å². The molecular formula is C20H35IN4O2. The molecule has 6 nitrogen and oxygen atoms in total. The van der Waals surface area contributed by atoms with E-state index in [4.69, 9.17) is 14.5 Å². The summed E-state index contributed by atoms with van der Waals surface area (Å²) in [5.74, 6) is 2.58. The first-order valence-electron chi connectivity index (χ1n) is 9.47. The second kappa shape index (κ2) is 11.6. The molecule has 0 bridgehead atoms. The number of methoxy groups -OCH3 is 2. The third-order valence-corrected chi connectivity index (χ3v) is 4.95. The van der Waals surface area contributed by atoms with Gasteiger partial charge in [0.05, 0.1) is 20.8 Å². The minimum atomic E-state index is 0. The minimum Gasteiger partial charge on any atom is -0.493 e. The van der Waals surface area contributed by atoms with Crippen molar-refractivity contribution in [1.29, 1.82) is 0 Å². The molecule has 27 heavy (non-hydrogen) atoms. The molecule has 1 aliphatic rings. The summed E-state index contributed by atoms with van der Waals surface area (Å²) in [5, 5.41) is 3.44. The maximum Gasteiger partial charge on any atom is 0.194 e. The van der Waals surface area contributed by atoms with Gasteiger partial charge < -0.3 is 24.6 Å². The van der Waals surface area contributed by atoms with Crippen LogP contribution in [0, 0.1) is 0 Å². The largest absolute Gasteiger partial charge is 0.493 e. The van der Waals surface area contributed by atoms with E-state index < -0.39 is 0 Å². The normalized spacial score (nSPS) is 14.1. The lowest BCUT2D eigenvalue weighted by Crippen LogP contribution is -2.44. The molecule has 0 radical (unpaired) electrons. The maximum atomic E-state index is 5.46. The fraction of sp³-hybridized carbons (Fsp3) is 0.650. The van der Waals surface area contributed by atoms with E-state index >= 15 is 0 Å². The Bertz CT molecular complexity index is 622. The van der Waals surface area contributed by atoms with Crippen LogP contribution in [0.1, 0.15) is 31.9 Å². The Labute approximate surface area is 181 Å². The van der Waals surface area contributed by atoms with E-state index in [-0.39, 0.29) is 24.0 Å². The van der Waals surface area contributed by atoms with Gasteiger partial charge in [0.1, 0.15) is 0 Å². The third-order valence-electron chi connectivity index (χ3n) is 4.95. The van der Waals surface area contributed by atoms with Crippen LogP contribution in [0.5, 0.6) is 11.5 Å². The maximum absolute atomic E-state index is 5.46. The quantitative estimate of drug-likeness (QED) is 0.362. The summed E-state index contributed by atoms with van der Waals surface area (Å²) in [6, 6.07) is 4.74. The summed E-state index contributed by atoms with van der Waals surface area (Å²) in [6.45, 7) is 10.9. The van der Waals surface area contributed by atoms with E-state index in [2.05, 4.69) is 55.1 Å². The van der Waals surface area contributed by atoms with Crippen molar-refractivity contribution in [3.8, 4) is 11.5 Å². The zero-order valence-electron chi connectivity index (χ0n) is 17.5. The second-order valence-corrected chi connectivity index (χ2v) is 6.96. The van der Waals surface area contributed by atoms with Gasteiger partial charge in [0, 0.05) is 32.2 Å². The van der Waals surface area contributed by atoms with Gasteiger partial charge in [0.25, 0.3) is 0 Å². The molecule has 1 aromatic carbocycles. The van der Waals surface area contributed by atoms with Gasteiger partial charge >= 0.3 is 0 Å². The van der Waals surface area contributed by atoms with Crippen molar-refractivity contribution in [3.63, 3.8) is 0 Å². The van der Waals surface area contributed by atoms with E-state index in [9.17, 15) is 0 Å². The molecule has 0 amide bonds. The van der Waals surface area contributed by atoms with Crippen LogP contribution < -0.4 is 14.8 Å². The number of rotatable bonds is 7. The molecule has 1 aliphatic heterocycles. The molecule has 1 heterocycles. The van der Waals surface area contributed by atoms with Crippen LogP contribution in [0.4, 0.5) is 0 Å². The van der Waals surface area contributed by atoms with Gasteiger partial charge in [-0.15, -0.1) is 24.0 Å². The van der Waals surface area contributed by atoms with Gasteiger partial charge in [-0.2, -0.15) is 0 Å². The molecule has 0 spiro atoms. The minimum absolute atomic E-state index is 0. The van der Waals surface area contributed by atoms with Crippen LogP contribution in [0.15, 0.2) is 17.1 Å². The van der Waals surface area contributed by atoms with E-state index in [0.717, 1.165) is 56.6 Å². The number of ether oxygens (including phenoxy) is 2. The van der Waals surface area contributed by atoms with Crippen molar-refractivity contribution in [2.75, 3.05) is 47.4 Å². The lowest BCUT2D eigenvalue weighted by Gasteiger charge is -2.32. The van der Waals surface area contributed by atoms with Gasteiger partial charge in [-0.3, -0.25) is 4.99 Å². The van der Waals surface area contributed by atoms with Crippen molar-refractivity contribution in [2.45, 2.75) is 39.8 Å². The summed E-state index contributed by atoms with van der Waals surface area (Å²) in [7, 11) is 5.51. The first kappa shape index (κ1) is 23.8. The van der Waals surface area contributed by atoms with Gasteiger partial charge in [0.15, 0.2) is 17.5 Å². The Morgan fingerprint density at radius 3 is 2.41 bits per heavy atom. The Balaban J connectivity index is 0.00000364. The highest BCUT2D eigenvalue weighted by molar-refractivity contribution is 14.0. The Morgan fingerprint density at radius 2 is 1.85 bits per heavy atom. The monoisotopic (exact) mass is 490 g/mol. The number of nitrogens with zero attached hydrogens (tertiary/aromatic N) is 3. The van der Waals surface area contributed by atoms with Gasteiger partial charge in [-0.25, -0.2) is 0 Å². The first-order valence-corrected chi connectivity index (χ1v) is 9.47. The Morgan fingerprint density at radius 1 is 1.22 bits per heavy atom. The van der Waals surface area contributed by atoms with Gasteiger partial charge in [0.2, 0.25) is 0 Å². The van der Waals surface area contributed by atoms with E-state index in [1.54, 1.807) is 14.2 Å². The predicted molar refractivity (Wildman–Crippen MR) is 123 cm³/mol. The number of guanidine groups is 1. The molecule has 0 unspecified atom stereocenters. The summed E-state index contributed by atoms with van der Waals surface area (Å²) >= 11 is 0. The predicted octanol–water partition coefficient (Wildman–Crippen LogP) is 2.99. The molecule has 0 aromatic heterocycles. The van der Waals surface area contributed by atoms with Crippen LogP contribution in [-0.4, -0.2) is 69.2 Å². The average Bonchev–Trinajstić information content (AvgIpc) is 2.65. The molecular weight excluding hydrogens is 455 g/mol. The fourth-order valence-corrected chi connectivity index (χ4v) is 3.06. The Hall–Kier alpha value is -1.22. The van der Waals surface area contributed by atoms with Crippen molar-refractivity contribution in [3.05, 3.63) is 23.3 Å². The van der Waals surface area contributed by atoms with Crippen LogP contribution in [-0.2, 0) is 13.0 Å². The number of likely N-dealkylation sites (N-methyl/N-ethyl adjacent to an activating group) is 1. The number of halogens is 1. The van der Waals surface area contributed by atoms with Crippen LogP contribution in [0.3, 0.4) is 0 Å². The Kier molecular flexibility index (Phi) is 10.2. The zero-order valence-corrected chi connectivity index (χ0v) is 19.9. The molecule has 154 valence electrons. The van der Waals surface area contributed by atoms with Crippen LogP contribution >= 0.6 is 24.0 Å². The first-order chi connectivity index (χ1) is 12.5. The highest BCUT2D eigenvalue weighted by atomic mass is 127. The number of aliphatic imine (C=N–C) groups is 1. The van der Waals surface area contributed by atoms with Crippen LogP contribution in [0.25, 0.3) is 0 Å². The highest BCUT2D eigenvalue weighted by Crippen LogP contribution is 2.33. The topological polar surface area (TPSA) is 49.3 Å². The summed E-state index contributed by atoms with van der Waals surface area (Å²) < 4.78 is 10.9. The zero-order chi connectivity index (χ0) is 19.1. The molecule has 0 fully saturated rings. The van der Waals surface area contributed by atoms with E-state index in [1.807, 2.05) is 0 Å². The smallest absolute Gasteiger partial charge is 0.194 e. The number of hydrogen-bond donors (Lipinski definition) is 1. The number of nitrogens with one attached hydrogen (secondary N) is 1. The van der Waals surface area contributed by atoms with Gasteiger partial charge in [-0.1, -0.05) is 0 Å². The van der Waals surface area contributed by atoms with E-state index in [1.165, 1.54) is 11.1 Å². The average molecular weight is 490 g/mol. The number of hydrogen-bond acceptors (Lipinski definition) is 4. The SMILES string of the molecule is CCNC(=NCCN(C)C(C)C)N1CCc2cc(OC)c(OC)cc2C1.I. The number of benzene rings is 1. The van der Waals surface area contributed by atoms with Crippen molar-refractivity contribution in [2.24, 2.45) is 4.99 Å². The summed E-state index contributed by atoms with van der Waals surface area (Å²) in [6.07, 6.45) is 0.978. The fourth-order valence-electron chi connectivity index (χ4n) is 3.06. The molecule has 0 atom stereocenters. The molecule has 7 heteroatoms. The lowest BCUT2D eigenvalue weighted by molar-refractivity contribution is 0.281. The van der Waals surface area contributed by atoms with Gasteiger partial charge in [-0.05, 0) is 57.5 Å². The van der Waals surface area contributed by atoms with Crippen molar-refractivity contribution >= 4 is 29.9 Å². The lowest BCUT2D eigenvalue weighted by atomic mass is 9.99. The summed E-state index contributed by atoms with van der Waals surface area (Å²) in [5.41, 5.74) is 2.60. The van der Waals surface area contributed by atoms with Crippen LogP contribution in [0.2, 0.25) is 0 Å². The molecule has 0 saturated carbocycles. The third kappa shape index (κ3) is 6.41. The molecule has 1 N–H and O–H groups in total. The molecule has 1 aromatic rings. The standard InChI is InChI=1S/C20H34N4O2.HI/c1-7-21-20(22-9-11-23(4)15(2)3)24-10-8-16-12-18(25-5)19(26-6)13-17(16)14-24;/h12-13,15H,7-11,14H2,1-6H3,(H,21,22);1H. The number of fused-ring (bicyclic) bond motifs is 1. The second-order valence-electron chi connectivity index (χ2n) is 6.96. The molecule has 0 saturated heterocycles. The summed E-state index contributed by atoms with van der Waals surface area (Å²) in [4.78, 5) is 9.48. The molecule has 2 rings (SSSR count). The van der Waals surface area contributed by atoms with E-state index in [0.29, 0.717) is 6.04 Å².